The fourth-order valence-corrected chi connectivity index (χ4v) is 0.717. The molecule has 71 valence electrons. The first-order chi connectivity index (χ1) is 6.11. The Kier molecular flexibility index (Phi) is 3.11. The van der Waals surface area contributed by atoms with Crippen molar-refractivity contribution < 1.29 is 22.3 Å². The molecule has 5 heteroatoms. The van der Waals surface area contributed by atoms with E-state index < -0.39 is 30.4 Å². The highest BCUT2D eigenvalue weighted by atomic mass is 19.3. The van der Waals surface area contributed by atoms with E-state index in [0.29, 0.717) is 0 Å². The molecule has 0 N–H and O–H groups in total. The van der Waals surface area contributed by atoms with Crippen LogP contribution < -0.4 is 4.74 Å². The zero-order valence-electron chi connectivity index (χ0n) is 6.36. The molecule has 0 atom stereocenters. The smallest absolute Gasteiger partial charge is 0.272 e. The van der Waals surface area contributed by atoms with E-state index in [0.717, 1.165) is 12.1 Å². The average molecular weight is 193 g/mol. The SMILES string of the molecule is Fc1c[c]cc(F)c1OCC(F)F. The highest BCUT2D eigenvalue weighted by Gasteiger charge is 2.12. The van der Waals surface area contributed by atoms with Gasteiger partial charge in [-0.1, -0.05) is 0 Å². The van der Waals surface area contributed by atoms with Gasteiger partial charge >= 0.3 is 0 Å². The van der Waals surface area contributed by atoms with E-state index in [-0.39, 0.29) is 0 Å². The molecule has 0 aliphatic rings. The lowest BCUT2D eigenvalue weighted by Crippen LogP contribution is -2.09. The molecule has 0 amide bonds. The summed E-state index contributed by atoms with van der Waals surface area (Å²) in [4.78, 5) is 0. The van der Waals surface area contributed by atoms with E-state index in [2.05, 4.69) is 10.8 Å². The largest absolute Gasteiger partial charge is 0.482 e. The first-order valence-electron chi connectivity index (χ1n) is 3.37. The predicted octanol–water partition coefficient (Wildman–Crippen LogP) is 2.41. The summed E-state index contributed by atoms with van der Waals surface area (Å²) in [5.74, 6) is -2.87. The first kappa shape index (κ1) is 9.83. The lowest BCUT2D eigenvalue weighted by Gasteiger charge is -2.06. The Morgan fingerprint density at radius 3 is 2.23 bits per heavy atom. The summed E-state index contributed by atoms with van der Waals surface area (Å²) in [7, 11) is 0. The van der Waals surface area contributed by atoms with Crippen LogP contribution in [0.25, 0.3) is 0 Å². The third-order valence-electron chi connectivity index (χ3n) is 1.21. The van der Waals surface area contributed by atoms with E-state index in [1.54, 1.807) is 0 Å². The third kappa shape index (κ3) is 2.61. The lowest BCUT2D eigenvalue weighted by molar-refractivity contribution is 0.0777. The normalized spacial score (nSPS) is 10.5. The van der Waals surface area contributed by atoms with Crippen molar-refractivity contribution in [3.05, 3.63) is 29.8 Å². The Morgan fingerprint density at radius 1 is 1.23 bits per heavy atom. The van der Waals surface area contributed by atoms with Crippen molar-refractivity contribution in [3.63, 3.8) is 0 Å². The van der Waals surface area contributed by atoms with E-state index in [9.17, 15) is 17.6 Å². The fourth-order valence-electron chi connectivity index (χ4n) is 0.717. The monoisotopic (exact) mass is 193 g/mol. The van der Waals surface area contributed by atoms with Crippen molar-refractivity contribution in [1.29, 1.82) is 0 Å². The maximum Gasteiger partial charge on any atom is 0.272 e. The van der Waals surface area contributed by atoms with Crippen molar-refractivity contribution >= 4 is 0 Å². The minimum absolute atomic E-state index is 0.793. The van der Waals surface area contributed by atoms with Crippen LogP contribution in [0.3, 0.4) is 0 Å². The van der Waals surface area contributed by atoms with Crippen LogP contribution in [-0.4, -0.2) is 13.0 Å². The molecule has 0 aliphatic heterocycles. The van der Waals surface area contributed by atoms with Gasteiger partial charge in [-0.15, -0.1) is 0 Å². The van der Waals surface area contributed by atoms with E-state index >= 15 is 0 Å². The number of rotatable bonds is 3. The van der Waals surface area contributed by atoms with E-state index in [1.165, 1.54) is 0 Å². The van der Waals surface area contributed by atoms with Gasteiger partial charge in [0.2, 0.25) is 0 Å². The quantitative estimate of drug-likeness (QED) is 0.670. The topological polar surface area (TPSA) is 9.23 Å². The zero-order valence-corrected chi connectivity index (χ0v) is 6.36. The van der Waals surface area contributed by atoms with Gasteiger partial charge in [-0.2, -0.15) is 0 Å². The predicted molar refractivity (Wildman–Crippen MR) is 36.7 cm³/mol. The van der Waals surface area contributed by atoms with Gasteiger partial charge in [-0.05, 0) is 18.2 Å². The summed E-state index contributed by atoms with van der Waals surface area (Å²) in [6.45, 7) is -1.03. The summed E-state index contributed by atoms with van der Waals surface area (Å²) in [6, 6.07) is 3.76. The molecule has 0 aromatic heterocycles. The summed E-state index contributed by atoms with van der Waals surface area (Å²) in [6.07, 6.45) is -2.76. The number of hydrogen-bond acceptors (Lipinski definition) is 1. The maximum absolute atomic E-state index is 12.7. The summed E-state index contributed by atoms with van der Waals surface area (Å²) < 4.78 is 52.7. The molecule has 0 bridgehead atoms. The van der Waals surface area contributed by atoms with Gasteiger partial charge in [0, 0.05) is 0 Å². The van der Waals surface area contributed by atoms with E-state index in [1.807, 2.05) is 0 Å². The molecule has 0 saturated carbocycles. The molecule has 0 unspecified atom stereocenters. The Labute approximate surface area is 71.9 Å². The zero-order chi connectivity index (χ0) is 9.84. The molecule has 1 nitrogen and oxygen atoms in total. The second kappa shape index (κ2) is 4.11. The summed E-state index contributed by atoms with van der Waals surface area (Å²) in [5, 5.41) is 0. The third-order valence-corrected chi connectivity index (χ3v) is 1.21. The number of ether oxygens (including phenoxy) is 1. The van der Waals surface area contributed by atoms with Crippen LogP contribution in [-0.2, 0) is 0 Å². The molecule has 0 spiro atoms. The van der Waals surface area contributed by atoms with Crippen LogP contribution in [0.15, 0.2) is 12.1 Å². The van der Waals surface area contributed by atoms with Gasteiger partial charge in [-0.3, -0.25) is 0 Å². The Hall–Kier alpha value is -1.26. The number of alkyl halides is 2. The molecule has 13 heavy (non-hydrogen) atoms. The van der Waals surface area contributed by atoms with Gasteiger partial charge in [0.15, 0.2) is 17.4 Å². The van der Waals surface area contributed by atoms with E-state index in [4.69, 9.17) is 0 Å². The molecule has 1 radical (unpaired) electrons. The molecule has 0 saturated heterocycles. The second-order valence-electron chi connectivity index (χ2n) is 2.18. The van der Waals surface area contributed by atoms with Gasteiger partial charge < -0.3 is 4.74 Å². The van der Waals surface area contributed by atoms with Crippen LogP contribution in [0.1, 0.15) is 0 Å². The van der Waals surface area contributed by atoms with Crippen molar-refractivity contribution in [2.45, 2.75) is 6.43 Å². The van der Waals surface area contributed by atoms with Crippen molar-refractivity contribution in [1.82, 2.24) is 0 Å². The Morgan fingerprint density at radius 2 is 1.77 bits per heavy atom. The Balaban J connectivity index is 2.75. The molecule has 0 heterocycles. The van der Waals surface area contributed by atoms with Crippen molar-refractivity contribution in [2.75, 3.05) is 6.61 Å². The standard InChI is InChI=1S/C8H5F4O/c9-5-2-1-3-6(10)8(5)13-4-7(11)12/h2-3,7H,4H2. The summed E-state index contributed by atoms with van der Waals surface area (Å²) >= 11 is 0. The molecule has 0 aliphatic carbocycles. The van der Waals surface area contributed by atoms with Crippen LogP contribution in [0.2, 0.25) is 0 Å². The van der Waals surface area contributed by atoms with Gasteiger partial charge in [0.05, 0.1) is 0 Å². The number of benzene rings is 1. The highest BCUT2D eigenvalue weighted by molar-refractivity contribution is 5.25. The van der Waals surface area contributed by atoms with Crippen LogP contribution >= 0.6 is 0 Å². The molecule has 1 aromatic carbocycles. The van der Waals surface area contributed by atoms with Gasteiger partial charge in [0.1, 0.15) is 6.61 Å². The second-order valence-corrected chi connectivity index (χ2v) is 2.18. The number of hydrogen-bond donors (Lipinski definition) is 0. The molecular weight excluding hydrogens is 188 g/mol. The summed E-state index contributed by atoms with van der Waals surface area (Å²) in [5.41, 5.74) is 0. The minimum Gasteiger partial charge on any atom is -0.482 e. The van der Waals surface area contributed by atoms with Crippen LogP contribution in [0, 0.1) is 17.7 Å². The van der Waals surface area contributed by atoms with Gasteiger partial charge in [-0.25, -0.2) is 17.6 Å². The maximum atomic E-state index is 12.7. The van der Waals surface area contributed by atoms with Crippen molar-refractivity contribution in [3.8, 4) is 5.75 Å². The lowest BCUT2D eigenvalue weighted by atomic mass is 10.3. The molecule has 1 rings (SSSR count). The average Bonchev–Trinajstić information content (AvgIpc) is 2.03. The van der Waals surface area contributed by atoms with Crippen LogP contribution in [0.5, 0.6) is 5.75 Å². The van der Waals surface area contributed by atoms with Crippen molar-refractivity contribution in [2.24, 2.45) is 0 Å². The highest BCUT2D eigenvalue weighted by Crippen LogP contribution is 2.20. The van der Waals surface area contributed by atoms with Crippen LogP contribution in [0.4, 0.5) is 17.6 Å². The van der Waals surface area contributed by atoms with Gasteiger partial charge in [0.25, 0.3) is 6.43 Å². The molecular formula is C8H5F4O. The minimum atomic E-state index is -2.76. The Bertz CT molecular complexity index is 267. The fraction of sp³-hybridized carbons (Fsp3) is 0.250. The molecule has 0 fully saturated rings. The first-order valence-corrected chi connectivity index (χ1v) is 3.37. The molecule has 1 aromatic rings. The number of halogens is 4.